The van der Waals surface area contributed by atoms with Gasteiger partial charge in [-0.1, -0.05) is 47.5 Å². The molecule has 0 spiro atoms. The molecule has 3 heteroatoms. The van der Waals surface area contributed by atoms with Crippen LogP contribution in [0.4, 0.5) is 5.69 Å². The van der Waals surface area contributed by atoms with Crippen molar-refractivity contribution in [1.82, 2.24) is 0 Å². The van der Waals surface area contributed by atoms with Gasteiger partial charge in [-0.3, -0.25) is 0 Å². The van der Waals surface area contributed by atoms with Crippen LogP contribution in [-0.4, -0.2) is 7.05 Å². The van der Waals surface area contributed by atoms with Crippen LogP contribution in [0.2, 0.25) is 5.02 Å². The third-order valence-corrected chi connectivity index (χ3v) is 3.63. The van der Waals surface area contributed by atoms with E-state index >= 15 is 0 Å². The highest BCUT2D eigenvalue weighted by Crippen LogP contribution is 2.26. The Kier molecular flexibility index (Phi) is 4.73. The third kappa shape index (κ3) is 3.65. The van der Waals surface area contributed by atoms with E-state index < -0.39 is 0 Å². The van der Waals surface area contributed by atoms with Gasteiger partial charge in [0.25, 0.3) is 0 Å². The Morgan fingerprint density at radius 1 is 1.11 bits per heavy atom. The van der Waals surface area contributed by atoms with Gasteiger partial charge < -0.3 is 4.90 Å². The molecule has 0 aliphatic rings. The Morgan fingerprint density at radius 3 is 2.58 bits per heavy atom. The third-order valence-electron chi connectivity index (χ3n) is 3.10. The van der Waals surface area contributed by atoms with Gasteiger partial charge in [0.2, 0.25) is 0 Å². The van der Waals surface area contributed by atoms with E-state index in [1.807, 2.05) is 18.2 Å². The van der Waals surface area contributed by atoms with Gasteiger partial charge in [0.05, 0.1) is 0 Å². The Bertz CT molecular complexity index is 566. The zero-order valence-electron chi connectivity index (χ0n) is 11.2. The molecule has 2 aromatic carbocycles. The monoisotopic (exact) mass is 293 g/mol. The van der Waals surface area contributed by atoms with Gasteiger partial charge in [-0.2, -0.15) is 0 Å². The fourth-order valence-corrected chi connectivity index (χ4v) is 2.57. The van der Waals surface area contributed by atoms with Crippen LogP contribution < -0.4 is 4.90 Å². The maximum Gasteiger partial charge on any atom is 0.0494 e. The molecule has 0 aromatic heterocycles. The van der Waals surface area contributed by atoms with E-state index in [9.17, 15) is 0 Å². The lowest BCUT2D eigenvalue weighted by Crippen LogP contribution is -2.17. The van der Waals surface area contributed by atoms with Crippen molar-refractivity contribution in [3.8, 4) is 0 Å². The summed E-state index contributed by atoms with van der Waals surface area (Å²) >= 11 is 12.1. The number of anilines is 1. The Morgan fingerprint density at radius 2 is 1.89 bits per heavy atom. The fraction of sp³-hybridized carbons (Fsp3) is 0.250. The van der Waals surface area contributed by atoms with Gasteiger partial charge in [-0.15, -0.1) is 11.6 Å². The SMILES string of the molecule is Cc1cccc(CN(C)c2cc(Cl)ccc2CCl)c1. The minimum Gasteiger partial charge on any atom is -0.370 e. The first-order valence-corrected chi connectivity index (χ1v) is 7.12. The highest BCUT2D eigenvalue weighted by molar-refractivity contribution is 6.31. The van der Waals surface area contributed by atoms with E-state index in [0.717, 1.165) is 22.8 Å². The molecular formula is C16H17Cl2N. The lowest BCUT2D eigenvalue weighted by Gasteiger charge is -2.22. The molecule has 0 aliphatic carbocycles. The maximum absolute atomic E-state index is 6.08. The summed E-state index contributed by atoms with van der Waals surface area (Å²) in [6.07, 6.45) is 0. The number of halogens is 2. The second-order valence-corrected chi connectivity index (χ2v) is 5.46. The molecule has 0 N–H and O–H groups in total. The summed E-state index contributed by atoms with van der Waals surface area (Å²) in [4.78, 5) is 2.18. The van der Waals surface area contributed by atoms with Crippen molar-refractivity contribution in [2.45, 2.75) is 19.3 Å². The minimum atomic E-state index is 0.491. The van der Waals surface area contributed by atoms with Crippen molar-refractivity contribution in [2.75, 3.05) is 11.9 Å². The van der Waals surface area contributed by atoms with Gasteiger partial charge in [-0.05, 0) is 30.2 Å². The fourth-order valence-electron chi connectivity index (χ4n) is 2.17. The zero-order chi connectivity index (χ0) is 13.8. The number of hydrogen-bond acceptors (Lipinski definition) is 1. The summed E-state index contributed by atoms with van der Waals surface area (Å²) in [7, 11) is 2.06. The lowest BCUT2D eigenvalue weighted by atomic mass is 10.1. The van der Waals surface area contributed by atoms with Crippen LogP contribution in [0.15, 0.2) is 42.5 Å². The molecular weight excluding hydrogens is 277 g/mol. The molecule has 0 heterocycles. The summed E-state index contributed by atoms with van der Waals surface area (Å²) < 4.78 is 0. The number of alkyl halides is 1. The highest BCUT2D eigenvalue weighted by Gasteiger charge is 2.08. The standard InChI is InChI=1S/C16H17Cl2N/c1-12-4-3-5-13(8-12)11-19(2)16-9-15(18)7-6-14(16)10-17/h3-9H,10-11H2,1-2H3. The molecule has 0 aliphatic heterocycles. The van der Waals surface area contributed by atoms with Crippen LogP contribution in [-0.2, 0) is 12.4 Å². The Labute approximate surface area is 124 Å². The minimum absolute atomic E-state index is 0.491. The molecule has 19 heavy (non-hydrogen) atoms. The first kappa shape index (κ1) is 14.2. The molecule has 100 valence electrons. The van der Waals surface area contributed by atoms with Gasteiger partial charge in [0, 0.05) is 30.2 Å². The molecule has 1 nitrogen and oxygen atoms in total. The summed E-state index contributed by atoms with van der Waals surface area (Å²) in [5.41, 5.74) is 4.74. The summed E-state index contributed by atoms with van der Waals surface area (Å²) in [5, 5.41) is 0.736. The van der Waals surface area contributed by atoms with Crippen molar-refractivity contribution >= 4 is 28.9 Å². The molecule has 0 fully saturated rings. The van der Waals surface area contributed by atoms with E-state index in [0.29, 0.717) is 5.88 Å². The predicted molar refractivity (Wildman–Crippen MR) is 84.3 cm³/mol. The van der Waals surface area contributed by atoms with Gasteiger partial charge in [-0.25, -0.2) is 0 Å². The van der Waals surface area contributed by atoms with E-state index in [2.05, 4.69) is 43.1 Å². The summed E-state index contributed by atoms with van der Waals surface area (Å²) in [6, 6.07) is 14.3. The largest absolute Gasteiger partial charge is 0.370 e. The molecule has 0 atom stereocenters. The summed E-state index contributed by atoms with van der Waals surface area (Å²) in [5.74, 6) is 0.491. The molecule has 0 bridgehead atoms. The number of benzene rings is 2. The van der Waals surface area contributed by atoms with E-state index in [-0.39, 0.29) is 0 Å². The number of rotatable bonds is 4. The molecule has 0 radical (unpaired) electrons. The normalized spacial score (nSPS) is 10.5. The molecule has 0 unspecified atom stereocenters. The first-order chi connectivity index (χ1) is 9.10. The van der Waals surface area contributed by atoms with Gasteiger partial charge in [0.1, 0.15) is 0 Å². The van der Waals surface area contributed by atoms with E-state index in [4.69, 9.17) is 23.2 Å². The van der Waals surface area contributed by atoms with Crippen molar-refractivity contribution in [1.29, 1.82) is 0 Å². The van der Waals surface area contributed by atoms with Crippen molar-refractivity contribution in [3.63, 3.8) is 0 Å². The molecule has 0 saturated carbocycles. The van der Waals surface area contributed by atoms with Crippen LogP contribution in [0.5, 0.6) is 0 Å². The molecule has 2 aromatic rings. The molecule has 2 rings (SSSR count). The van der Waals surface area contributed by atoms with E-state index in [1.54, 1.807) is 0 Å². The average Bonchev–Trinajstić information content (AvgIpc) is 2.38. The first-order valence-electron chi connectivity index (χ1n) is 6.21. The lowest BCUT2D eigenvalue weighted by molar-refractivity contribution is 0.914. The van der Waals surface area contributed by atoms with Crippen molar-refractivity contribution < 1.29 is 0 Å². The Hall–Kier alpha value is -1.18. The maximum atomic E-state index is 6.08. The van der Waals surface area contributed by atoms with Crippen molar-refractivity contribution in [2.24, 2.45) is 0 Å². The molecule has 0 saturated heterocycles. The molecule has 0 amide bonds. The van der Waals surface area contributed by atoms with Crippen LogP contribution in [0.3, 0.4) is 0 Å². The topological polar surface area (TPSA) is 3.24 Å². The predicted octanol–water partition coefficient (Wildman–Crippen LogP) is 5.02. The highest BCUT2D eigenvalue weighted by atomic mass is 35.5. The van der Waals surface area contributed by atoms with Gasteiger partial charge in [0.15, 0.2) is 0 Å². The second-order valence-electron chi connectivity index (χ2n) is 4.75. The number of aryl methyl sites for hydroxylation is 1. The van der Waals surface area contributed by atoms with E-state index in [1.165, 1.54) is 11.1 Å². The smallest absolute Gasteiger partial charge is 0.0494 e. The van der Waals surface area contributed by atoms with Crippen LogP contribution in [0.1, 0.15) is 16.7 Å². The zero-order valence-corrected chi connectivity index (χ0v) is 12.7. The summed E-state index contributed by atoms with van der Waals surface area (Å²) in [6.45, 7) is 2.94. The van der Waals surface area contributed by atoms with Crippen LogP contribution >= 0.6 is 23.2 Å². The van der Waals surface area contributed by atoms with Crippen LogP contribution in [0.25, 0.3) is 0 Å². The van der Waals surface area contributed by atoms with Crippen LogP contribution in [0, 0.1) is 6.92 Å². The number of nitrogens with zero attached hydrogens (tertiary/aromatic N) is 1. The van der Waals surface area contributed by atoms with Crippen molar-refractivity contribution in [3.05, 3.63) is 64.2 Å². The van der Waals surface area contributed by atoms with Gasteiger partial charge >= 0.3 is 0 Å². The quantitative estimate of drug-likeness (QED) is 0.715. The second kappa shape index (κ2) is 6.31. The number of hydrogen-bond donors (Lipinski definition) is 0. The Balaban J connectivity index is 2.24. The average molecular weight is 294 g/mol.